The average Bonchev–Trinajstić information content (AvgIpc) is 2.62. The first-order chi connectivity index (χ1) is 13.1. The molecule has 1 aromatic rings. The molecule has 0 saturated heterocycles. The Morgan fingerprint density at radius 2 is 1.68 bits per heavy atom. The van der Waals surface area contributed by atoms with Crippen LogP contribution in [0.25, 0.3) is 0 Å². The molecule has 10 heteroatoms. The summed E-state index contributed by atoms with van der Waals surface area (Å²) >= 11 is 11.7. The molecule has 1 aromatic carbocycles. The number of benzene rings is 1. The average molecular weight is 432 g/mol. The first-order valence-electron chi connectivity index (χ1n) is 8.51. The van der Waals surface area contributed by atoms with Crippen LogP contribution in [0.3, 0.4) is 0 Å². The molecule has 0 aliphatic heterocycles. The molecular formula is C18H23Cl2N3O5. The molecular weight excluding hydrogens is 409 g/mol. The van der Waals surface area contributed by atoms with Crippen molar-refractivity contribution in [2.75, 3.05) is 20.2 Å². The van der Waals surface area contributed by atoms with Crippen molar-refractivity contribution in [3.05, 3.63) is 33.8 Å². The third-order valence-corrected chi connectivity index (χ3v) is 4.11. The van der Waals surface area contributed by atoms with E-state index >= 15 is 0 Å². The van der Waals surface area contributed by atoms with E-state index in [4.69, 9.17) is 23.2 Å². The fraction of sp³-hybridized carbons (Fsp3) is 0.444. The monoisotopic (exact) mass is 431 g/mol. The van der Waals surface area contributed by atoms with Crippen LogP contribution in [0.1, 0.15) is 30.6 Å². The summed E-state index contributed by atoms with van der Waals surface area (Å²) in [5, 5.41) is 7.80. The van der Waals surface area contributed by atoms with Crippen molar-refractivity contribution in [1.29, 1.82) is 0 Å². The Labute approximate surface area is 173 Å². The van der Waals surface area contributed by atoms with E-state index in [0.29, 0.717) is 11.4 Å². The van der Waals surface area contributed by atoms with Gasteiger partial charge in [-0.05, 0) is 30.5 Å². The third-order valence-electron chi connectivity index (χ3n) is 3.56. The molecule has 0 spiro atoms. The molecule has 3 N–H and O–H groups in total. The van der Waals surface area contributed by atoms with Crippen molar-refractivity contribution in [2.45, 2.75) is 26.3 Å². The van der Waals surface area contributed by atoms with Crippen LogP contribution >= 0.6 is 23.2 Å². The Balaban J connectivity index is 2.45. The van der Waals surface area contributed by atoms with E-state index in [1.54, 1.807) is 0 Å². The summed E-state index contributed by atoms with van der Waals surface area (Å²) in [6, 6.07) is 3.56. The highest BCUT2D eigenvalue weighted by Gasteiger charge is 2.22. The zero-order chi connectivity index (χ0) is 21.3. The molecule has 0 aliphatic carbocycles. The van der Waals surface area contributed by atoms with Crippen molar-refractivity contribution in [3.8, 4) is 0 Å². The quantitative estimate of drug-likeness (QED) is 0.513. The Morgan fingerprint density at radius 1 is 1.04 bits per heavy atom. The molecule has 0 bridgehead atoms. The van der Waals surface area contributed by atoms with Gasteiger partial charge in [-0.15, -0.1) is 0 Å². The third kappa shape index (κ3) is 8.14. The summed E-state index contributed by atoms with van der Waals surface area (Å²) in [6.45, 7) is 3.11. The van der Waals surface area contributed by atoms with Gasteiger partial charge in [-0.25, -0.2) is 4.79 Å². The topological polar surface area (TPSA) is 114 Å². The second kappa shape index (κ2) is 11.5. The molecule has 0 heterocycles. The highest BCUT2D eigenvalue weighted by molar-refractivity contribution is 6.36. The number of halogens is 2. The Bertz CT molecular complexity index is 740. The van der Waals surface area contributed by atoms with E-state index in [1.165, 1.54) is 25.3 Å². The number of nitrogens with one attached hydrogen (secondary N) is 3. The second-order valence-electron chi connectivity index (χ2n) is 6.36. The maximum absolute atomic E-state index is 12.0. The Hall–Kier alpha value is -2.32. The van der Waals surface area contributed by atoms with E-state index in [1.807, 2.05) is 13.8 Å². The zero-order valence-corrected chi connectivity index (χ0v) is 17.3. The number of hydrogen-bond donors (Lipinski definition) is 3. The minimum Gasteiger partial charge on any atom is -0.467 e. The van der Waals surface area contributed by atoms with Crippen LogP contribution in [0.5, 0.6) is 0 Å². The fourth-order valence-electron chi connectivity index (χ4n) is 2.24. The number of carbonyl (C=O) groups excluding carboxylic acids is 4. The number of carbonyl (C=O) groups is 4. The summed E-state index contributed by atoms with van der Waals surface area (Å²) in [7, 11) is 1.24. The number of methoxy groups -OCH3 is 1. The number of esters is 1. The van der Waals surface area contributed by atoms with Crippen LogP contribution in [-0.2, 0) is 19.1 Å². The predicted molar refractivity (Wildman–Crippen MR) is 105 cm³/mol. The lowest BCUT2D eigenvalue weighted by Crippen LogP contribution is -2.47. The first kappa shape index (κ1) is 23.7. The SMILES string of the molecule is COC(=O)C(CC(C)C)NC(=O)CNC(=O)CNC(=O)c1ccc(Cl)cc1Cl. The van der Waals surface area contributed by atoms with E-state index < -0.39 is 29.7 Å². The highest BCUT2D eigenvalue weighted by atomic mass is 35.5. The van der Waals surface area contributed by atoms with Gasteiger partial charge in [-0.3, -0.25) is 14.4 Å². The molecule has 0 aliphatic rings. The van der Waals surface area contributed by atoms with Gasteiger partial charge >= 0.3 is 5.97 Å². The van der Waals surface area contributed by atoms with E-state index in [9.17, 15) is 19.2 Å². The molecule has 154 valence electrons. The van der Waals surface area contributed by atoms with Crippen LogP contribution < -0.4 is 16.0 Å². The number of rotatable bonds is 9. The fourth-order valence-corrected chi connectivity index (χ4v) is 2.74. The van der Waals surface area contributed by atoms with Crippen molar-refractivity contribution in [3.63, 3.8) is 0 Å². The van der Waals surface area contributed by atoms with Crippen molar-refractivity contribution >= 4 is 46.9 Å². The first-order valence-corrected chi connectivity index (χ1v) is 9.26. The van der Waals surface area contributed by atoms with Crippen molar-refractivity contribution < 1.29 is 23.9 Å². The summed E-state index contributed by atoms with van der Waals surface area (Å²) < 4.78 is 4.66. The Morgan fingerprint density at radius 3 is 2.25 bits per heavy atom. The van der Waals surface area contributed by atoms with Gasteiger partial charge in [0.15, 0.2) is 0 Å². The molecule has 8 nitrogen and oxygen atoms in total. The largest absolute Gasteiger partial charge is 0.467 e. The van der Waals surface area contributed by atoms with Gasteiger partial charge in [0.25, 0.3) is 5.91 Å². The van der Waals surface area contributed by atoms with Gasteiger partial charge in [0.1, 0.15) is 6.04 Å². The Kier molecular flexibility index (Phi) is 9.75. The van der Waals surface area contributed by atoms with Crippen LogP contribution in [0.2, 0.25) is 10.0 Å². The zero-order valence-electron chi connectivity index (χ0n) is 15.8. The van der Waals surface area contributed by atoms with Gasteiger partial charge < -0.3 is 20.7 Å². The lowest BCUT2D eigenvalue weighted by atomic mass is 10.0. The van der Waals surface area contributed by atoms with Crippen LogP contribution in [0, 0.1) is 5.92 Å². The van der Waals surface area contributed by atoms with Crippen molar-refractivity contribution in [2.24, 2.45) is 5.92 Å². The number of ether oxygens (including phenoxy) is 1. The predicted octanol–water partition coefficient (Wildman–Crippen LogP) is 1.54. The van der Waals surface area contributed by atoms with E-state index in [-0.39, 0.29) is 29.6 Å². The van der Waals surface area contributed by atoms with Gasteiger partial charge in [0.05, 0.1) is 30.8 Å². The molecule has 0 aromatic heterocycles. The molecule has 0 fully saturated rings. The highest BCUT2D eigenvalue weighted by Crippen LogP contribution is 2.20. The number of amides is 3. The lowest BCUT2D eigenvalue weighted by Gasteiger charge is -2.18. The smallest absolute Gasteiger partial charge is 0.328 e. The van der Waals surface area contributed by atoms with E-state index in [0.717, 1.165) is 0 Å². The van der Waals surface area contributed by atoms with Crippen molar-refractivity contribution in [1.82, 2.24) is 16.0 Å². The second-order valence-corrected chi connectivity index (χ2v) is 7.20. The maximum Gasteiger partial charge on any atom is 0.328 e. The molecule has 1 rings (SSSR count). The minimum absolute atomic E-state index is 0.156. The van der Waals surface area contributed by atoms with Crippen LogP contribution in [0.4, 0.5) is 0 Å². The standard InChI is InChI=1S/C18H23Cl2N3O5/c1-10(2)6-14(18(27)28-3)23-16(25)9-21-15(24)8-22-17(26)12-5-4-11(19)7-13(12)20/h4-5,7,10,14H,6,8-9H2,1-3H3,(H,21,24)(H,22,26)(H,23,25). The molecule has 0 radical (unpaired) electrons. The van der Waals surface area contributed by atoms with Gasteiger partial charge in [0.2, 0.25) is 11.8 Å². The molecule has 1 unspecified atom stereocenters. The van der Waals surface area contributed by atoms with Crippen LogP contribution in [-0.4, -0.2) is 49.9 Å². The summed E-state index contributed by atoms with van der Waals surface area (Å²) in [6.07, 6.45) is 0.407. The lowest BCUT2D eigenvalue weighted by molar-refractivity contribution is -0.145. The number of hydrogen-bond acceptors (Lipinski definition) is 5. The summed E-state index contributed by atoms with van der Waals surface area (Å²) in [4.78, 5) is 47.5. The normalized spacial score (nSPS) is 11.5. The van der Waals surface area contributed by atoms with Crippen LogP contribution in [0.15, 0.2) is 18.2 Å². The summed E-state index contributed by atoms with van der Waals surface area (Å²) in [5.74, 6) is -2.07. The molecule has 28 heavy (non-hydrogen) atoms. The molecule has 3 amide bonds. The molecule has 1 atom stereocenters. The maximum atomic E-state index is 12.0. The summed E-state index contributed by atoms with van der Waals surface area (Å²) in [5.41, 5.74) is 0.172. The van der Waals surface area contributed by atoms with E-state index in [2.05, 4.69) is 20.7 Å². The van der Waals surface area contributed by atoms with Gasteiger partial charge in [-0.2, -0.15) is 0 Å². The molecule has 0 saturated carbocycles. The van der Waals surface area contributed by atoms with Gasteiger partial charge in [-0.1, -0.05) is 37.0 Å². The minimum atomic E-state index is -0.791. The van der Waals surface area contributed by atoms with Gasteiger partial charge in [0, 0.05) is 5.02 Å².